The number of piperidine rings is 1. The van der Waals surface area contributed by atoms with Gasteiger partial charge in [-0.05, 0) is 69.1 Å². The molecular formula is C23H27FN2O6. The van der Waals surface area contributed by atoms with Gasteiger partial charge >= 0.3 is 11.9 Å². The molecule has 0 aliphatic carbocycles. The summed E-state index contributed by atoms with van der Waals surface area (Å²) in [7, 11) is 0. The van der Waals surface area contributed by atoms with E-state index in [1.54, 1.807) is 6.07 Å². The number of carboxylic acid groups (broad SMARTS) is 2. The Bertz CT molecular complexity index is 941. The molecule has 0 spiro atoms. The first-order valence-electron chi connectivity index (χ1n) is 10.1. The van der Waals surface area contributed by atoms with Crippen LogP contribution in [-0.4, -0.2) is 46.8 Å². The number of aromatic nitrogens is 1. The van der Waals surface area contributed by atoms with E-state index in [1.807, 2.05) is 26.0 Å². The lowest BCUT2D eigenvalue weighted by atomic mass is 10.0. The van der Waals surface area contributed by atoms with Crippen LogP contribution in [0.4, 0.5) is 4.39 Å². The van der Waals surface area contributed by atoms with Crippen molar-refractivity contribution in [2.45, 2.75) is 26.7 Å². The molecule has 0 amide bonds. The van der Waals surface area contributed by atoms with Crippen LogP contribution in [-0.2, 0) is 9.59 Å². The fourth-order valence-corrected chi connectivity index (χ4v) is 2.95. The molecule has 0 unspecified atom stereocenters. The lowest BCUT2D eigenvalue weighted by molar-refractivity contribution is -0.134. The minimum atomic E-state index is -1.26. The predicted octanol–water partition coefficient (Wildman–Crippen LogP) is 3.72. The number of benzene rings is 1. The van der Waals surface area contributed by atoms with Gasteiger partial charge in [-0.3, -0.25) is 0 Å². The van der Waals surface area contributed by atoms with Gasteiger partial charge in [-0.2, -0.15) is 0 Å². The van der Waals surface area contributed by atoms with Crippen molar-refractivity contribution in [2.75, 3.05) is 19.7 Å². The Kier molecular flexibility index (Phi) is 9.62. The van der Waals surface area contributed by atoms with Crippen molar-refractivity contribution in [1.82, 2.24) is 10.3 Å². The lowest BCUT2D eigenvalue weighted by Crippen LogP contribution is -2.33. The summed E-state index contributed by atoms with van der Waals surface area (Å²) in [6, 6.07) is 8.22. The number of rotatable bonds is 7. The summed E-state index contributed by atoms with van der Waals surface area (Å²) in [5.41, 5.74) is 1.57. The molecule has 1 aromatic heterocycles. The van der Waals surface area contributed by atoms with Gasteiger partial charge in [-0.25, -0.2) is 19.0 Å². The second-order valence-corrected chi connectivity index (χ2v) is 7.30. The summed E-state index contributed by atoms with van der Waals surface area (Å²) < 4.78 is 25.1. The maximum absolute atomic E-state index is 13.3. The number of hydrogen-bond acceptors (Lipinski definition) is 6. The van der Waals surface area contributed by atoms with E-state index in [1.165, 1.54) is 25.0 Å². The monoisotopic (exact) mass is 446 g/mol. The number of aryl methyl sites for hydroxylation is 2. The third-order valence-corrected chi connectivity index (χ3v) is 4.55. The van der Waals surface area contributed by atoms with E-state index in [9.17, 15) is 14.0 Å². The molecule has 8 nitrogen and oxygen atoms in total. The summed E-state index contributed by atoms with van der Waals surface area (Å²) in [5.74, 6) is -0.666. The molecule has 9 heteroatoms. The zero-order valence-corrected chi connectivity index (χ0v) is 18.0. The Hall–Kier alpha value is -3.46. The SMILES string of the molecule is Cc1ccc(OC[C@H]2CCCNC2)c(Oc2ccc(F)cc2C)n1.O=C(O)/C=C/C(=O)O. The molecule has 1 saturated heterocycles. The Labute approximate surface area is 185 Å². The molecule has 1 fully saturated rings. The van der Waals surface area contributed by atoms with Crippen LogP contribution in [0, 0.1) is 25.6 Å². The van der Waals surface area contributed by atoms with Gasteiger partial charge in [0.05, 0.1) is 6.61 Å². The maximum atomic E-state index is 13.3. The van der Waals surface area contributed by atoms with Gasteiger partial charge < -0.3 is 25.0 Å². The molecule has 2 heterocycles. The molecule has 0 saturated carbocycles. The fourth-order valence-electron chi connectivity index (χ4n) is 2.95. The number of nitrogens with zero attached hydrogens (tertiary/aromatic N) is 1. The number of nitrogens with one attached hydrogen (secondary N) is 1. The van der Waals surface area contributed by atoms with Gasteiger partial charge in [0, 0.05) is 30.3 Å². The number of hydrogen-bond donors (Lipinski definition) is 3. The van der Waals surface area contributed by atoms with Crippen molar-refractivity contribution in [3.05, 3.63) is 59.6 Å². The highest BCUT2D eigenvalue weighted by Crippen LogP contribution is 2.32. The van der Waals surface area contributed by atoms with Gasteiger partial charge in [-0.1, -0.05) is 0 Å². The van der Waals surface area contributed by atoms with Crippen molar-refractivity contribution in [3.8, 4) is 17.4 Å². The Balaban J connectivity index is 0.000000390. The number of pyridine rings is 1. The Morgan fingerprint density at radius 3 is 2.44 bits per heavy atom. The van der Waals surface area contributed by atoms with Crippen LogP contribution in [0.2, 0.25) is 0 Å². The molecule has 1 aliphatic rings. The minimum Gasteiger partial charge on any atom is -0.488 e. The lowest BCUT2D eigenvalue weighted by Gasteiger charge is -2.23. The third-order valence-electron chi connectivity index (χ3n) is 4.55. The average molecular weight is 446 g/mol. The standard InChI is InChI=1S/C19H23FN2O2.C4H4O4/c1-13-10-16(20)6-8-17(13)24-19-18(7-5-14(2)22-19)23-12-15-4-3-9-21-11-15;5-3(6)1-2-4(7)8/h5-8,10,15,21H,3-4,9,11-12H2,1-2H3;1-2H,(H,5,6)(H,7,8)/b;2-1+/t15-;/m0./s1. The largest absolute Gasteiger partial charge is 0.488 e. The number of ether oxygens (including phenoxy) is 2. The highest BCUT2D eigenvalue weighted by Gasteiger charge is 2.16. The van der Waals surface area contributed by atoms with Crippen LogP contribution in [0.3, 0.4) is 0 Å². The molecule has 2 aromatic rings. The Morgan fingerprint density at radius 2 is 1.84 bits per heavy atom. The summed E-state index contributed by atoms with van der Waals surface area (Å²) in [4.78, 5) is 23.5. The minimum absolute atomic E-state index is 0.279. The first-order chi connectivity index (χ1) is 15.2. The number of carbonyl (C=O) groups is 2. The van der Waals surface area contributed by atoms with Gasteiger partial charge in [0.15, 0.2) is 5.75 Å². The first-order valence-corrected chi connectivity index (χ1v) is 10.1. The summed E-state index contributed by atoms with van der Waals surface area (Å²) >= 11 is 0. The summed E-state index contributed by atoms with van der Waals surface area (Å²) in [5, 5.41) is 19.0. The topological polar surface area (TPSA) is 118 Å². The predicted molar refractivity (Wildman–Crippen MR) is 116 cm³/mol. The Morgan fingerprint density at radius 1 is 1.16 bits per heavy atom. The highest BCUT2D eigenvalue weighted by molar-refractivity contribution is 5.89. The molecule has 1 aliphatic heterocycles. The van der Waals surface area contributed by atoms with E-state index in [2.05, 4.69) is 10.3 Å². The molecule has 3 rings (SSSR count). The van der Waals surface area contributed by atoms with E-state index in [0.29, 0.717) is 42.1 Å². The quantitative estimate of drug-likeness (QED) is 0.551. The second kappa shape index (κ2) is 12.4. The van der Waals surface area contributed by atoms with Gasteiger partial charge in [0.2, 0.25) is 0 Å². The van der Waals surface area contributed by atoms with E-state index < -0.39 is 11.9 Å². The van der Waals surface area contributed by atoms with E-state index in [0.717, 1.165) is 24.3 Å². The highest BCUT2D eigenvalue weighted by atomic mass is 19.1. The smallest absolute Gasteiger partial charge is 0.328 e. The van der Waals surface area contributed by atoms with Crippen LogP contribution in [0.1, 0.15) is 24.1 Å². The number of carboxylic acids is 2. The zero-order chi connectivity index (χ0) is 23.5. The molecular weight excluding hydrogens is 419 g/mol. The first kappa shape index (κ1) is 24.8. The number of halogens is 1. The van der Waals surface area contributed by atoms with Gasteiger partial charge in [-0.15, -0.1) is 0 Å². The van der Waals surface area contributed by atoms with E-state index >= 15 is 0 Å². The zero-order valence-electron chi connectivity index (χ0n) is 18.0. The van der Waals surface area contributed by atoms with Crippen molar-refractivity contribution in [2.24, 2.45) is 5.92 Å². The van der Waals surface area contributed by atoms with Crippen molar-refractivity contribution in [1.29, 1.82) is 0 Å². The molecule has 32 heavy (non-hydrogen) atoms. The van der Waals surface area contributed by atoms with E-state index in [-0.39, 0.29) is 5.82 Å². The molecule has 3 N–H and O–H groups in total. The second-order valence-electron chi connectivity index (χ2n) is 7.30. The molecule has 1 aromatic carbocycles. The third kappa shape index (κ3) is 8.73. The van der Waals surface area contributed by atoms with Crippen molar-refractivity contribution in [3.63, 3.8) is 0 Å². The molecule has 0 bridgehead atoms. The van der Waals surface area contributed by atoms with E-state index in [4.69, 9.17) is 19.7 Å². The summed E-state index contributed by atoms with van der Waals surface area (Å²) in [6.07, 6.45) is 3.46. The van der Waals surface area contributed by atoms with Crippen LogP contribution in [0.5, 0.6) is 17.4 Å². The maximum Gasteiger partial charge on any atom is 0.328 e. The number of aliphatic carboxylic acids is 2. The summed E-state index contributed by atoms with van der Waals surface area (Å²) in [6.45, 7) is 6.41. The van der Waals surface area contributed by atoms with Gasteiger partial charge in [0.1, 0.15) is 11.6 Å². The fraction of sp³-hybridized carbons (Fsp3) is 0.348. The van der Waals surface area contributed by atoms with Crippen LogP contribution < -0.4 is 14.8 Å². The van der Waals surface area contributed by atoms with Crippen LogP contribution in [0.15, 0.2) is 42.5 Å². The molecule has 0 radical (unpaired) electrons. The normalized spacial score (nSPS) is 15.5. The van der Waals surface area contributed by atoms with Crippen LogP contribution >= 0.6 is 0 Å². The van der Waals surface area contributed by atoms with Gasteiger partial charge in [0.25, 0.3) is 5.88 Å². The molecule has 1 atom stereocenters. The van der Waals surface area contributed by atoms with Crippen LogP contribution in [0.25, 0.3) is 0 Å². The molecule has 172 valence electrons. The average Bonchev–Trinajstić information content (AvgIpc) is 2.75. The van der Waals surface area contributed by atoms with Crippen molar-refractivity contribution >= 4 is 11.9 Å². The van der Waals surface area contributed by atoms with Crippen molar-refractivity contribution < 1.29 is 33.7 Å².